The standard InChI is InChI=1S/C30H35N7O4S/c1-22-19-28(41-2)25(33-37-17-15-34(16-18-37)26-8-4-3-7-23(26)21-31)20-24(22)30(38)36-13-11-35(12-14-36)27-9-5-6-10-29(27)42(32,39)40/h3-10,19-20,33H,11-18H2,1-2H3,(H2,32,39,40). The molecule has 12 heteroatoms. The number of nitrogens with two attached hydrogens (primary N) is 1. The number of hydrazine groups is 1. The average Bonchev–Trinajstić information content (AvgIpc) is 3.01. The van der Waals surface area contributed by atoms with Gasteiger partial charge in [0.15, 0.2) is 0 Å². The zero-order valence-corrected chi connectivity index (χ0v) is 24.6. The monoisotopic (exact) mass is 589 g/mol. The number of methoxy groups -OCH3 is 1. The fourth-order valence-electron chi connectivity index (χ4n) is 5.52. The van der Waals surface area contributed by atoms with E-state index in [1.165, 1.54) is 6.07 Å². The summed E-state index contributed by atoms with van der Waals surface area (Å²) in [5.41, 5.74) is 7.69. The Bertz CT molecular complexity index is 1610. The first-order chi connectivity index (χ1) is 20.2. The molecule has 1 amide bonds. The fraction of sp³-hybridized carbons (Fsp3) is 0.333. The quantitative estimate of drug-likeness (QED) is 0.426. The molecule has 0 radical (unpaired) electrons. The smallest absolute Gasteiger partial charge is 0.254 e. The summed E-state index contributed by atoms with van der Waals surface area (Å²) in [6, 6.07) is 20.3. The van der Waals surface area contributed by atoms with Crippen LogP contribution < -0.4 is 25.1 Å². The lowest BCUT2D eigenvalue weighted by Gasteiger charge is -2.37. The Morgan fingerprint density at radius 2 is 1.50 bits per heavy atom. The minimum absolute atomic E-state index is 0.0848. The number of aryl methyl sites for hydroxylation is 1. The van der Waals surface area contributed by atoms with E-state index in [1.807, 2.05) is 48.2 Å². The molecule has 42 heavy (non-hydrogen) atoms. The summed E-state index contributed by atoms with van der Waals surface area (Å²) in [5, 5.41) is 17.0. The summed E-state index contributed by atoms with van der Waals surface area (Å²) in [5.74, 6) is 0.557. The highest BCUT2D eigenvalue weighted by Gasteiger charge is 2.27. The second-order valence-corrected chi connectivity index (χ2v) is 11.9. The second kappa shape index (κ2) is 12.3. The number of amides is 1. The number of nitrogens with one attached hydrogen (secondary N) is 1. The van der Waals surface area contributed by atoms with Gasteiger partial charge < -0.3 is 24.9 Å². The molecule has 2 saturated heterocycles. The van der Waals surface area contributed by atoms with Crippen LogP contribution in [0.3, 0.4) is 0 Å². The van der Waals surface area contributed by atoms with Gasteiger partial charge in [-0.15, -0.1) is 0 Å². The topological polar surface area (TPSA) is 135 Å². The van der Waals surface area contributed by atoms with Gasteiger partial charge in [0, 0.05) is 57.9 Å². The molecule has 0 atom stereocenters. The maximum atomic E-state index is 13.7. The molecule has 0 aliphatic carbocycles. The van der Waals surface area contributed by atoms with Crippen LogP contribution in [0.25, 0.3) is 0 Å². The van der Waals surface area contributed by atoms with E-state index in [9.17, 15) is 18.5 Å². The highest BCUT2D eigenvalue weighted by molar-refractivity contribution is 7.89. The second-order valence-electron chi connectivity index (χ2n) is 10.4. The van der Waals surface area contributed by atoms with E-state index in [-0.39, 0.29) is 10.8 Å². The molecule has 0 aromatic heterocycles. The first-order valence-corrected chi connectivity index (χ1v) is 15.3. The number of carbonyl (C=O) groups excluding carboxylic acids is 1. The predicted octanol–water partition coefficient (Wildman–Crippen LogP) is 2.63. The number of ether oxygens (including phenoxy) is 1. The lowest BCUT2D eigenvalue weighted by atomic mass is 10.0. The predicted molar refractivity (Wildman–Crippen MR) is 162 cm³/mol. The number of benzene rings is 3. The molecule has 3 N–H and O–H groups in total. The van der Waals surface area contributed by atoms with E-state index in [1.54, 1.807) is 30.2 Å². The molecule has 0 saturated carbocycles. The van der Waals surface area contributed by atoms with Crippen molar-refractivity contribution in [1.82, 2.24) is 9.91 Å². The SMILES string of the molecule is COc1cc(C)c(C(=O)N2CCN(c3ccccc3S(N)(=O)=O)CC2)cc1NN1CCN(c2ccccc2C#N)CC1. The molecule has 220 valence electrons. The van der Waals surface area contributed by atoms with Crippen molar-refractivity contribution >= 4 is 33.0 Å². The Labute approximate surface area is 246 Å². The molecule has 11 nitrogen and oxygen atoms in total. The third-order valence-corrected chi connectivity index (χ3v) is 8.74. The van der Waals surface area contributed by atoms with E-state index in [0.29, 0.717) is 67.5 Å². The van der Waals surface area contributed by atoms with Crippen molar-refractivity contribution in [2.24, 2.45) is 5.14 Å². The number of hydrogen-bond donors (Lipinski definition) is 2. The molecule has 2 aliphatic rings. The number of anilines is 3. The van der Waals surface area contributed by atoms with Gasteiger partial charge in [-0.25, -0.2) is 18.6 Å². The zero-order chi connectivity index (χ0) is 29.9. The fourth-order valence-corrected chi connectivity index (χ4v) is 6.28. The molecular formula is C30H35N7O4S. The Morgan fingerprint density at radius 3 is 2.14 bits per heavy atom. The zero-order valence-electron chi connectivity index (χ0n) is 23.8. The molecule has 3 aromatic carbocycles. The number of carbonyl (C=O) groups is 1. The van der Waals surface area contributed by atoms with Crippen LogP contribution in [0.2, 0.25) is 0 Å². The van der Waals surface area contributed by atoms with E-state index >= 15 is 0 Å². The van der Waals surface area contributed by atoms with Gasteiger partial charge in [-0.2, -0.15) is 5.26 Å². The Morgan fingerprint density at radius 1 is 0.905 bits per heavy atom. The number of hydrogen-bond acceptors (Lipinski definition) is 9. The number of para-hydroxylation sites is 2. The molecular weight excluding hydrogens is 554 g/mol. The number of piperazine rings is 2. The third kappa shape index (κ3) is 6.13. The molecule has 0 spiro atoms. The van der Waals surface area contributed by atoms with Crippen LogP contribution >= 0.6 is 0 Å². The van der Waals surface area contributed by atoms with Crippen LogP contribution in [-0.2, 0) is 10.0 Å². The van der Waals surface area contributed by atoms with E-state index in [4.69, 9.17) is 9.88 Å². The van der Waals surface area contributed by atoms with Crippen LogP contribution in [0, 0.1) is 18.3 Å². The minimum atomic E-state index is -3.87. The van der Waals surface area contributed by atoms with Crippen LogP contribution in [0.15, 0.2) is 65.6 Å². The summed E-state index contributed by atoms with van der Waals surface area (Å²) in [7, 11) is -2.26. The number of primary sulfonamides is 1. The van der Waals surface area contributed by atoms with E-state index < -0.39 is 10.0 Å². The number of sulfonamides is 1. The Balaban J connectivity index is 1.26. The molecule has 5 rings (SSSR count). The molecule has 0 unspecified atom stereocenters. The Kier molecular flexibility index (Phi) is 8.54. The van der Waals surface area contributed by atoms with Crippen LogP contribution in [0.4, 0.5) is 17.1 Å². The van der Waals surface area contributed by atoms with E-state index in [0.717, 1.165) is 24.3 Å². The maximum Gasteiger partial charge on any atom is 0.254 e. The van der Waals surface area contributed by atoms with Gasteiger partial charge in [0.05, 0.1) is 29.7 Å². The van der Waals surface area contributed by atoms with Crippen LogP contribution in [-0.4, -0.2) is 83.7 Å². The number of nitriles is 1. The van der Waals surface area contributed by atoms with Crippen molar-refractivity contribution in [1.29, 1.82) is 5.26 Å². The largest absolute Gasteiger partial charge is 0.495 e. The Hall–Kier alpha value is -4.31. The average molecular weight is 590 g/mol. The lowest BCUT2D eigenvalue weighted by Crippen LogP contribution is -2.49. The van der Waals surface area contributed by atoms with Gasteiger partial charge in [-0.05, 0) is 48.9 Å². The van der Waals surface area contributed by atoms with Crippen molar-refractivity contribution in [2.75, 3.05) is 74.7 Å². The summed E-state index contributed by atoms with van der Waals surface area (Å²) in [6.07, 6.45) is 0. The number of rotatable bonds is 7. The first kappa shape index (κ1) is 29.2. The van der Waals surface area contributed by atoms with Crippen molar-refractivity contribution in [2.45, 2.75) is 11.8 Å². The molecule has 2 aliphatic heterocycles. The van der Waals surface area contributed by atoms with Gasteiger partial charge in [-0.1, -0.05) is 24.3 Å². The maximum absolute atomic E-state index is 13.7. The third-order valence-electron chi connectivity index (χ3n) is 7.78. The van der Waals surface area contributed by atoms with Crippen molar-refractivity contribution in [3.63, 3.8) is 0 Å². The minimum Gasteiger partial charge on any atom is -0.495 e. The molecule has 0 bridgehead atoms. The van der Waals surface area contributed by atoms with Crippen molar-refractivity contribution < 1.29 is 17.9 Å². The van der Waals surface area contributed by atoms with Gasteiger partial charge >= 0.3 is 0 Å². The highest BCUT2D eigenvalue weighted by atomic mass is 32.2. The molecule has 2 heterocycles. The first-order valence-electron chi connectivity index (χ1n) is 13.8. The summed E-state index contributed by atoms with van der Waals surface area (Å²) >= 11 is 0. The summed E-state index contributed by atoms with van der Waals surface area (Å²) in [4.78, 5) is 19.7. The van der Waals surface area contributed by atoms with Crippen LogP contribution in [0.1, 0.15) is 21.5 Å². The summed E-state index contributed by atoms with van der Waals surface area (Å²) in [6.45, 7) is 6.65. The van der Waals surface area contributed by atoms with E-state index in [2.05, 4.69) is 21.4 Å². The van der Waals surface area contributed by atoms with Crippen LogP contribution in [0.5, 0.6) is 5.75 Å². The highest BCUT2D eigenvalue weighted by Crippen LogP contribution is 2.31. The van der Waals surface area contributed by atoms with Crippen molar-refractivity contribution in [3.8, 4) is 11.8 Å². The van der Waals surface area contributed by atoms with Gasteiger partial charge in [-0.3, -0.25) is 4.79 Å². The van der Waals surface area contributed by atoms with Gasteiger partial charge in [0.1, 0.15) is 16.7 Å². The molecule has 3 aromatic rings. The van der Waals surface area contributed by atoms with Gasteiger partial charge in [0.25, 0.3) is 5.91 Å². The van der Waals surface area contributed by atoms with Gasteiger partial charge in [0.2, 0.25) is 10.0 Å². The normalized spacial score (nSPS) is 16.2. The summed E-state index contributed by atoms with van der Waals surface area (Å²) < 4.78 is 29.8. The molecule has 2 fully saturated rings. The lowest BCUT2D eigenvalue weighted by molar-refractivity contribution is 0.0746. The van der Waals surface area contributed by atoms with Crippen molar-refractivity contribution in [3.05, 3.63) is 77.4 Å². The number of nitrogens with zero attached hydrogens (tertiary/aromatic N) is 5.